The minimum absolute atomic E-state index is 0.720. The van der Waals surface area contributed by atoms with E-state index in [0.717, 1.165) is 64.5 Å². The summed E-state index contributed by atoms with van der Waals surface area (Å²) in [6.45, 7) is 2.90. The second kappa shape index (κ2) is 10.1. The summed E-state index contributed by atoms with van der Waals surface area (Å²) in [4.78, 5) is 7.15. The Balaban J connectivity index is 1.84. The Morgan fingerprint density at radius 3 is 2.25 bits per heavy atom. The van der Waals surface area contributed by atoms with E-state index >= 15 is 0 Å². The van der Waals surface area contributed by atoms with Crippen molar-refractivity contribution in [2.45, 2.75) is 19.8 Å². The normalized spacial score (nSPS) is 10.7. The van der Waals surface area contributed by atoms with Crippen LogP contribution in [0.1, 0.15) is 19.8 Å². The number of anilines is 1. The summed E-state index contributed by atoms with van der Waals surface area (Å²) in [5.41, 5.74) is 7.50. The molecule has 0 bridgehead atoms. The molecule has 0 saturated carbocycles. The van der Waals surface area contributed by atoms with Gasteiger partial charge in [-0.2, -0.15) is 0 Å². The fourth-order valence-corrected chi connectivity index (χ4v) is 3.75. The maximum Gasteiger partial charge on any atom is 0.127 e. The van der Waals surface area contributed by atoms with Crippen LogP contribution in [0.15, 0.2) is 91.0 Å². The van der Waals surface area contributed by atoms with E-state index < -0.39 is 0 Å². The first-order valence-corrected chi connectivity index (χ1v) is 11.2. The molecule has 1 aromatic heterocycles. The molecule has 32 heavy (non-hydrogen) atoms. The van der Waals surface area contributed by atoms with Gasteiger partial charge in [0, 0.05) is 36.5 Å². The molecular weight excluding hydrogens is 392 g/mol. The zero-order valence-corrected chi connectivity index (χ0v) is 19.1. The number of pyridine rings is 1. The molecule has 0 aliphatic heterocycles. The number of rotatable bonds is 8. The smallest absolute Gasteiger partial charge is 0.127 e. The monoisotopic (exact) mass is 422 g/mol. The van der Waals surface area contributed by atoms with Gasteiger partial charge in [-0.1, -0.05) is 74.0 Å². The Bertz CT molecular complexity index is 1170. The summed E-state index contributed by atoms with van der Waals surface area (Å²) in [6.07, 6.45) is 2.15. The molecule has 3 aromatic carbocycles. The highest BCUT2D eigenvalue weighted by Crippen LogP contribution is 2.39. The van der Waals surface area contributed by atoms with Crippen molar-refractivity contribution in [1.82, 2.24) is 4.98 Å². The molecule has 1 heterocycles. The van der Waals surface area contributed by atoms with E-state index in [1.54, 1.807) is 0 Å². The van der Waals surface area contributed by atoms with Gasteiger partial charge in [-0.15, -0.1) is 0 Å². The topological polar surface area (TPSA) is 25.4 Å². The number of hydrogen-bond acceptors (Lipinski definition) is 3. The van der Waals surface area contributed by atoms with Crippen LogP contribution in [-0.2, 0) is 0 Å². The fourth-order valence-electron chi connectivity index (χ4n) is 3.75. The third-order valence-electron chi connectivity index (χ3n) is 5.55. The van der Waals surface area contributed by atoms with Crippen LogP contribution in [0.3, 0.4) is 0 Å². The molecule has 4 rings (SSSR count). The van der Waals surface area contributed by atoms with Crippen molar-refractivity contribution in [3.8, 4) is 39.4 Å². The van der Waals surface area contributed by atoms with Gasteiger partial charge < -0.3 is 9.64 Å². The van der Waals surface area contributed by atoms with Crippen molar-refractivity contribution in [2.75, 3.05) is 25.6 Å². The van der Waals surface area contributed by atoms with Crippen LogP contribution in [0.5, 0.6) is 5.75 Å². The Morgan fingerprint density at radius 1 is 0.719 bits per heavy atom. The highest BCUT2D eigenvalue weighted by Gasteiger charge is 2.15. The number of nitrogens with zero attached hydrogens (tertiary/aromatic N) is 2. The molecule has 0 aliphatic rings. The average molecular weight is 423 g/mol. The third kappa shape index (κ3) is 4.83. The van der Waals surface area contributed by atoms with Gasteiger partial charge >= 0.3 is 0 Å². The van der Waals surface area contributed by atoms with Crippen LogP contribution in [0.4, 0.5) is 5.69 Å². The highest BCUT2D eigenvalue weighted by atomic mass is 16.5. The third-order valence-corrected chi connectivity index (χ3v) is 5.55. The molecule has 3 heteroatoms. The first-order chi connectivity index (χ1) is 15.7. The SMILES string of the molecule is CCCCOc1ccccc1-c1cc(N(C)C)ccc1-c1cccc(-c2ccccc2)n1. The molecular formula is C29H30N2O. The molecule has 0 fully saturated rings. The molecule has 0 spiro atoms. The van der Waals surface area contributed by atoms with Gasteiger partial charge in [-0.05, 0) is 42.3 Å². The molecule has 0 N–H and O–H groups in total. The maximum atomic E-state index is 6.18. The van der Waals surface area contributed by atoms with Gasteiger partial charge in [0.05, 0.1) is 18.0 Å². The van der Waals surface area contributed by atoms with Crippen LogP contribution in [-0.4, -0.2) is 25.7 Å². The first kappa shape index (κ1) is 21.6. The zero-order valence-electron chi connectivity index (χ0n) is 19.1. The minimum Gasteiger partial charge on any atom is -0.493 e. The lowest BCUT2D eigenvalue weighted by Gasteiger charge is -2.19. The second-order valence-corrected chi connectivity index (χ2v) is 8.10. The Hall–Kier alpha value is -3.59. The first-order valence-electron chi connectivity index (χ1n) is 11.2. The summed E-state index contributed by atoms with van der Waals surface area (Å²) in [6, 6.07) is 31.4. The molecule has 0 aliphatic carbocycles. The lowest BCUT2D eigenvalue weighted by atomic mass is 9.95. The van der Waals surface area contributed by atoms with Crippen molar-refractivity contribution in [1.29, 1.82) is 0 Å². The predicted molar refractivity (Wildman–Crippen MR) is 135 cm³/mol. The number of para-hydroxylation sites is 1. The van der Waals surface area contributed by atoms with E-state index in [9.17, 15) is 0 Å². The molecule has 0 radical (unpaired) electrons. The van der Waals surface area contributed by atoms with E-state index in [1.807, 2.05) is 24.3 Å². The summed E-state index contributed by atoms with van der Waals surface area (Å²) in [5.74, 6) is 0.914. The Morgan fingerprint density at radius 2 is 1.47 bits per heavy atom. The molecule has 4 aromatic rings. The van der Waals surface area contributed by atoms with Gasteiger partial charge in [0.15, 0.2) is 0 Å². The van der Waals surface area contributed by atoms with E-state index in [-0.39, 0.29) is 0 Å². The lowest BCUT2D eigenvalue weighted by Crippen LogP contribution is -2.09. The summed E-state index contributed by atoms with van der Waals surface area (Å²) >= 11 is 0. The standard InChI is InChI=1S/C29H30N2O/c1-4-5-20-32-29-17-10-9-14-25(29)26-21-23(31(2)3)18-19-24(26)28-16-11-15-27(30-28)22-12-7-6-8-13-22/h6-19,21H,4-5,20H2,1-3H3. The maximum absolute atomic E-state index is 6.18. The molecule has 0 atom stereocenters. The van der Waals surface area contributed by atoms with Gasteiger partial charge in [0.2, 0.25) is 0 Å². The lowest BCUT2D eigenvalue weighted by molar-refractivity contribution is 0.310. The van der Waals surface area contributed by atoms with Gasteiger partial charge in [0.1, 0.15) is 5.75 Å². The van der Waals surface area contributed by atoms with Crippen LogP contribution in [0.25, 0.3) is 33.6 Å². The number of hydrogen-bond donors (Lipinski definition) is 0. The Kier molecular flexibility index (Phi) is 6.86. The zero-order chi connectivity index (χ0) is 22.3. The van der Waals surface area contributed by atoms with E-state index in [2.05, 4.69) is 92.6 Å². The number of benzene rings is 3. The van der Waals surface area contributed by atoms with Gasteiger partial charge in [-0.3, -0.25) is 0 Å². The summed E-state index contributed by atoms with van der Waals surface area (Å²) in [7, 11) is 4.13. The van der Waals surface area contributed by atoms with Crippen LogP contribution in [0.2, 0.25) is 0 Å². The number of aromatic nitrogens is 1. The predicted octanol–water partition coefficient (Wildman–Crippen LogP) is 7.33. The number of unbranched alkanes of at least 4 members (excludes halogenated alkanes) is 1. The van der Waals surface area contributed by atoms with Gasteiger partial charge in [-0.25, -0.2) is 4.98 Å². The highest BCUT2D eigenvalue weighted by molar-refractivity contribution is 5.87. The van der Waals surface area contributed by atoms with E-state index in [4.69, 9.17) is 9.72 Å². The minimum atomic E-state index is 0.720. The van der Waals surface area contributed by atoms with Crippen LogP contribution < -0.4 is 9.64 Å². The van der Waals surface area contributed by atoms with Crippen molar-refractivity contribution < 1.29 is 4.74 Å². The van der Waals surface area contributed by atoms with E-state index in [1.165, 1.54) is 0 Å². The van der Waals surface area contributed by atoms with E-state index in [0.29, 0.717) is 0 Å². The fraction of sp³-hybridized carbons (Fsp3) is 0.207. The van der Waals surface area contributed by atoms with Crippen LogP contribution in [0, 0.1) is 0 Å². The Labute approximate surface area is 191 Å². The summed E-state index contributed by atoms with van der Waals surface area (Å²) in [5, 5.41) is 0. The van der Waals surface area contributed by atoms with Crippen molar-refractivity contribution in [3.63, 3.8) is 0 Å². The largest absolute Gasteiger partial charge is 0.493 e. The molecule has 0 saturated heterocycles. The molecule has 0 unspecified atom stereocenters. The average Bonchev–Trinajstić information content (AvgIpc) is 2.85. The molecule has 0 amide bonds. The molecule has 162 valence electrons. The summed E-state index contributed by atoms with van der Waals surface area (Å²) < 4.78 is 6.18. The van der Waals surface area contributed by atoms with Crippen molar-refractivity contribution >= 4 is 5.69 Å². The second-order valence-electron chi connectivity index (χ2n) is 8.10. The number of ether oxygens (including phenoxy) is 1. The quantitative estimate of drug-likeness (QED) is 0.278. The van der Waals surface area contributed by atoms with Crippen molar-refractivity contribution in [2.24, 2.45) is 0 Å². The van der Waals surface area contributed by atoms with Crippen LogP contribution >= 0.6 is 0 Å². The van der Waals surface area contributed by atoms with Crippen molar-refractivity contribution in [3.05, 3.63) is 91.0 Å². The molecule has 3 nitrogen and oxygen atoms in total. The van der Waals surface area contributed by atoms with Gasteiger partial charge in [0.25, 0.3) is 0 Å².